The molecule has 8 heteroatoms. The monoisotopic (exact) mass is 445 g/mol. The molecule has 0 saturated heterocycles. The molecule has 0 amide bonds. The first-order chi connectivity index (χ1) is 14.7. The van der Waals surface area contributed by atoms with E-state index in [1.807, 2.05) is 26.0 Å². The first kappa shape index (κ1) is 22.2. The summed E-state index contributed by atoms with van der Waals surface area (Å²) in [5.74, 6) is 0.582. The number of nitrogens with zero attached hydrogens (tertiary/aromatic N) is 3. The number of anilines is 2. The van der Waals surface area contributed by atoms with E-state index in [0.717, 1.165) is 68.3 Å². The third kappa shape index (κ3) is 5.84. The molecule has 4 N–H and O–H groups in total. The molecule has 4 rings (SSSR count). The zero-order valence-corrected chi connectivity index (χ0v) is 19.0. The highest BCUT2D eigenvalue weighted by molar-refractivity contribution is 6.29. The number of aromatic nitrogens is 3. The van der Waals surface area contributed by atoms with Gasteiger partial charge in [-0.3, -0.25) is 0 Å². The van der Waals surface area contributed by atoms with E-state index in [9.17, 15) is 10.2 Å². The molecule has 0 radical (unpaired) electrons. The minimum absolute atomic E-state index is 0.256. The summed E-state index contributed by atoms with van der Waals surface area (Å²) in [4.78, 5) is 13.4. The molecular formula is C23H32ClN5O2. The van der Waals surface area contributed by atoms with E-state index in [1.54, 1.807) is 12.4 Å². The fourth-order valence-electron chi connectivity index (χ4n) is 4.50. The Morgan fingerprint density at radius 2 is 1.52 bits per heavy atom. The second kappa shape index (κ2) is 8.88. The molecule has 0 atom stereocenters. The standard InChI is InChI=1S/C23H32ClN5O2/c1-22(30)8-3-15(4-9-22)27-19-13-20(24)26-14-17(19)18-7-12-25-21(29-18)28-16-5-10-23(2,31)11-6-16/h7,12-16,30-31H,3-6,8-11H2,1-2H3,(H,26,27)(H,25,28,29). The van der Waals surface area contributed by atoms with Gasteiger partial charge in [-0.25, -0.2) is 15.0 Å². The van der Waals surface area contributed by atoms with Crippen molar-refractivity contribution in [3.8, 4) is 11.3 Å². The second-order valence-corrected chi connectivity index (χ2v) is 10.0. The molecule has 168 valence electrons. The van der Waals surface area contributed by atoms with Gasteiger partial charge in [0.15, 0.2) is 0 Å². The summed E-state index contributed by atoms with van der Waals surface area (Å²) < 4.78 is 0. The van der Waals surface area contributed by atoms with Crippen LogP contribution >= 0.6 is 11.6 Å². The lowest BCUT2D eigenvalue weighted by molar-refractivity contribution is 0.0192. The van der Waals surface area contributed by atoms with E-state index in [1.165, 1.54) is 0 Å². The lowest BCUT2D eigenvalue weighted by Gasteiger charge is -2.34. The van der Waals surface area contributed by atoms with Crippen molar-refractivity contribution in [1.82, 2.24) is 15.0 Å². The third-order valence-corrected chi connectivity index (χ3v) is 6.83. The molecule has 0 aromatic carbocycles. The molecule has 2 aromatic rings. The number of rotatable bonds is 5. The van der Waals surface area contributed by atoms with Crippen LogP contribution in [0.5, 0.6) is 0 Å². The summed E-state index contributed by atoms with van der Waals surface area (Å²) in [5, 5.41) is 27.8. The van der Waals surface area contributed by atoms with E-state index < -0.39 is 11.2 Å². The van der Waals surface area contributed by atoms with E-state index in [4.69, 9.17) is 16.6 Å². The zero-order chi connectivity index (χ0) is 22.1. The summed E-state index contributed by atoms with van der Waals surface area (Å²) >= 11 is 6.19. The number of aliphatic hydroxyl groups is 2. The molecule has 2 heterocycles. The fraction of sp³-hybridized carbons (Fsp3) is 0.609. The van der Waals surface area contributed by atoms with Gasteiger partial charge in [0, 0.05) is 35.7 Å². The molecule has 0 bridgehead atoms. The molecule has 2 saturated carbocycles. The van der Waals surface area contributed by atoms with Crippen LogP contribution in [-0.2, 0) is 0 Å². The average Bonchev–Trinajstić information content (AvgIpc) is 2.72. The summed E-state index contributed by atoms with van der Waals surface area (Å²) in [7, 11) is 0. The van der Waals surface area contributed by atoms with Crippen LogP contribution in [0.1, 0.15) is 65.2 Å². The van der Waals surface area contributed by atoms with E-state index in [0.29, 0.717) is 11.1 Å². The highest BCUT2D eigenvalue weighted by atomic mass is 35.5. The minimum atomic E-state index is -0.573. The Labute approximate surface area is 188 Å². The van der Waals surface area contributed by atoms with Crippen LogP contribution in [0.4, 0.5) is 11.6 Å². The van der Waals surface area contributed by atoms with Crippen LogP contribution in [0, 0.1) is 0 Å². The molecule has 2 aliphatic carbocycles. The Bertz CT molecular complexity index is 901. The summed E-state index contributed by atoms with van der Waals surface area (Å²) in [6.45, 7) is 3.80. The smallest absolute Gasteiger partial charge is 0.223 e. The normalized spacial score (nSPS) is 31.3. The molecule has 7 nitrogen and oxygen atoms in total. The van der Waals surface area contributed by atoms with Gasteiger partial charge in [-0.05, 0) is 77.3 Å². The lowest BCUT2D eigenvalue weighted by Crippen LogP contribution is -2.36. The van der Waals surface area contributed by atoms with Gasteiger partial charge < -0.3 is 20.8 Å². The van der Waals surface area contributed by atoms with Gasteiger partial charge in [-0.1, -0.05) is 11.6 Å². The SMILES string of the molecule is CC1(O)CCC(Nc2nccc(-c3cnc(Cl)cc3NC3CCC(C)(O)CC3)n2)CC1. The first-order valence-corrected chi connectivity index (χ1v) is 11.5. The minimum Gasteiger partial charge on any atom is -0.390 e. The summed E-state index contributed by atoms with van der Waals surface area (Å²) in [5.41, 5.74) is 1.40. The van der Waals surface area contributed by atoms with Crippen LogP contribution in [-0.4, -0.2) is 48.5 Å². The predicted octanol–water partition coefficient (Wildman–Crippen LogP) is 4.40. The van der Waals surface area contributed by atoms with Gasteiger partial charge in [0.05, 0.1) is 16.9 Å². The lowest BCUT2D eigenvalue weighted by atomic mass is 9.83. The van der Waals surface area contributed by atoms with Crippen LogP contribution in [0.3, 0.4) is 0 Å². The number of hydrogen-bond donors (Lipinski definition) is 4. The average molecular weight is 446 g/mol. The van der Waals surface area contributed by atoms with Crippen molar-refractivity contribution in [2.24, 2.45) is 0 Å². The van der Waals surface area contributed by atoms with Crippen LogP contribution in [0.2, 0.25) is 5.15 Å². The number of nitrogens with one attached hydrogen (secondary N) is 2. The van der Waals surface area contributed by atoms with Crippen molar-refractivity contribution in [3.63, 3.8) is 0 Å². The third-order valence-electron chi connectivity index (χ3n) is 6.62. The van der Waals surface area contributed by atoms with Crippen molar-refractivity contribution < 1.29 is 10.2 Å². The topological polar surface area (TPSA) is 103 Å². The van der Waals surface area contributed by atoms with E-state index in [2.05, 4.69) is 20.6 Å². The van der Waals surface area contributed by atoms with Crippen molar-refractivity contribution >= 4 is 23.2 Å². The maximum absolute atomic E-state index is 10.2. The van der Waals surface area contributed by atoms with Crippen molar-refractivity contribution in [1.29, 1.82) is 0 Å². The Morgan fingerprint density at radius 3 is 2.13 bits per heavy atom. The largest absolute Gasteiger partial charge is 0.390 e. The van der Waals surface area contributed by atoms with Gasteiger partial charge in [0.2, 0.25) is 5.95 Å². The molecule has 0 unspecified atom stereocenters. The van der Waals surface area contributed by atoms with Gasteiger partial charge in [-0.2, -0.15) is 0 Å². The number of hydrogen-bond acceptors (Lipinski definition) is 7. The zero-order valence-electron chi connectivity index (χ0n) is 18.2. The number of halogens is 1. The molecular weight excluding hydrogens is 414 g/mol. The van der Waals surface area contributed by atoms with Gasteiger partial charge in [0.25, 0.3) is 0 Å². The maximum Gasteiger partial charge on any atom is 0.223 e. The van der Waals surface area contributed by atoms with Crippen LogP contribution < -0.4 is 10.6 Å². The fourth-order valence-corrected chi connectivity index (χ4v) is 4.66. The molecule has 0 aliphatic heterocycles. The molecule has 2 fully saturated rings. The molecule has 31 heavy (non-hydrogen) atoms. The predicted molar refractivity (Wildman–Crippen MR) is 123 cm³/mol. The summed E-state index contributed by atoms with van der Waals surface area (Å²) in [6, 6.07) is 4.24. The second-order valence-electron chi connectivity index (χ2n) is 9.65. The van der Waals surface area contributed by atoms with Crippen molar-refractivity contribution in [2.45, 2.75) is 88.5 Å². The number of pyridine rings is 1. The van der Waals surface area contributed by atoms with Crippen LogP contribution in [0.15, 0.2) is 24.5 Å². The molecule has 0 spiro atoms. The highest BCUT2D eigenvalue weighted by Gasteiger charge is 2.30. The van der Waals surface area contributed by atoms with E-state index in [-0.39, 0.29) is 12.1 Å². The van der Waals surface area contributed by atoms with Crippen molar-refractivity contribution in [2.75, 3.05) is 10.6 Å². The molecule has 2 aromatic heterocycles. The Balaban J connectivity index is 1.50. The summed E-state index contributed by atoms with van der Waals surface area (Å²) in [6.07, 6.45) is 10.2. The molecule has 2 aliphatic rings. The quantitative estimate of drug-likeness (QED) is 0.505. The Hall–Kier alpha value is -1.96. The van der Waals surface area contributed by atoms with Gasteiger partial charge >= 0.3 is 0 Å². The highest BCUT2D eigenvalue weighted by Crippen LogP contribution is 2.34. The van der Waals surface area contributed by atoms with Crippen LogP contribution in [0.25, 0.3) is 11.3 Å². The Kier molecular flexibility index (Phi) is 6.37. The maximum atomic E-state index is 10.2. The first-order valence-electron chi connectivity index (χ1n) is 11.2. The van der Waals surface area contributed by atoms with Gasteiger partial charge in [0.1, 0.15) is 5.15 Å². The van der Waals surface area contributed by atoms with Gasteiger partial charge in [-0.15, -0.1) is 0 Å². The van der Waals surface area contributed by atoms with E-state index >= 15 is 0 Å². The Morgan fingerprint density at radius 1 is 0.935 bits per heavy atom. The van der Waals surface area contributed by atoms with Crippen molar-refractivity contribution in [3.05, 3.63) is 29.7 Å².